The lowest BCUT2D eigenvalue weighted by atomic mass is 9.60. The Bertz CT molecular complexity index is 410. The van der Waals surface area contributed by atoms with Crippen molar-refractivity contribution in [1.82, 2.24) is 0 Å². The lowest BCUT2D eigenvalue weighted by Crippen LogP contribution is -2.67. The second-order valence-corrected chi connectivity index (χ2v) is 9.18. The summed E-state index contributed by atoms with van der Waals surface area (Å²) in [6, 6.07) is 0.479. The number of piperidine rings is 1. The second-order valence-electron chi connectivity index (χ2n) is 9.18. The van der Waals surface area contributed by atoms with Crippen molar-refractivity contribution in [2.45, 2.75) is 72.8 Å². The van der Waals surface area contributed by atoms with E-state index < -0.39 is 0 Å². The summed E-state index contributed by atoms with van der Waals surface area (Å²) in [5.41, 5.74) is 0.345. The number of rotatable bonds is 6. The Hall–Kier alpha value is -0.570. The van der Waals surface area contributed by atoms with Crippen LogP contribution in [-0.2, 0) is 9.53 Å². The third-order valence-electron chi connectivity index (χ3n) is 6.95. The average Bonchev–Trinajstić information content (AvgIpc) is 2.43. The molecule has 3 heteroatoms. The van der Waals surface area contributed by atoms with Gasteiger partial charge in [-0.2, -0.15) is 0 Å². The van der Waals surface area contributed by atoms with E-state index in [0.29, 0.717) is 29.9 Å². The third kappa shape index (κ3) is 3.92. The summed E-state index contributed by atoms with van der Waals surface area (Å²) in [6.07, 6.45) is 6.24. The molecule has 2 aliphatic rings. The van der Waals surface area contributed by atoms with Crippen molar-refractivity contribution in [3.63, 3.8) is 0 Å². The number of hydrogen-bond acceptors (Lipinski definition) is 2. The number of esters is 1. The Morgan fingerprint density at radius 1 is 1.22 bits per heavy atom. The predicted molar refractivity (Wildman–Crippen MR) is 95.0 cm³/mol. The molecule has 0 N–H and O–H groups in total. The summed E-state index contributed by atoms with van der Waals surface area (Å²) in [5, 5.41) is 0. The van der Waals surface area contributed by atoms with E-state index >= 15 is 0 Å². The van der Waals surface area contributed by atoms with Gasteiger partial charge in [-0.3, -0.25) is 4.79 Å². The van der Waals surface area contributed by atoms with E-state index in [2.05, 4.69) is 34.7 Å². The van der Waals surface area contributed by atoms with Crippen molar-refractivity contribution in [3.8, 4) is 0 Å². The molecule has 134 valence electrons. The highest BCUT2D eigenvalue weighted by atomic mass is 16.5. The van der Waals surface area contributed by atoms with Crippen LogP contribution in [0.3, 0.4) is 0 Å². The van der Waals surface area contributed by atoms with Gasteiger partial charge >= 0.3 is 5.97 Å². The molecule has 1 aliphatic heterocycles. The van der Waals surface area contributed by atoms with Crippen LogP contribution in [0.4, 0.5) is 0 Å². The van der Waals surface area contributed by atoms with Gasteiger partial charge < -0.3 is 9.22 Å². The van der Waals surface area contributed by atoms with Crippen LogP contribution in [0.15, 0.2) is 0 Å². The minimum Gasteiger partial charge on any atom is -0.466 e. The summed E-state index contributed by atoms with van der Waals surface area (Å²) in [4.78, 5) is 12.4. The Morgan fingerprint density at radius 2 is 1.83 bits per heavy atom. The van der Waals surface area contributed by atoms with E-state index in [0.717, 1.165) is 10.9 Å². The number of carbonyl (C=O) groups is 1. The van der Waals surface area contributed by atoms with E-state index in [4.69, 9.17) is 4.74 Å². The van der Waals surface area contributed by atoms with Crippen LogP contribution >= 0.6 is 0 Å². The number of carbonyl (C=O) groups excluding carboxylic acids is 1. The minimum absolute atomic E-state index is 0.0565. The van der Waals surface area contributed by atoms with Crippen LogP contribution in [0.1, 0.15) is 66.7 Å². The van der Waals surface area contributed by atoms with Crippen molar-refractivity contribution in [2.24, 2.45) is 23.2 Å². The first-order valence-electron chi connectivity index (χ1n) is 9.72. The molecule has 1 saturated heterocycles. The van der Waals surface area contributed by atoms with Crippen molar-refractivity contribution >= 4 is 5.97 Å². The van der Waals surface area contributed by atoms with E-state index in [1.165, 1.54) is 38.8 Å². The smallest absolute Gasteiger partial charge is 0.315 e. The standard InChI is InChI=1S/C20H38NO2/c1-7-23-19(22)17-13-16(14-20(4,5)15(2)3)18(17)21(6)11-9-8-10-12-21/h15-18H,7-14H2,1-6H3/q+1. The molecule has 3 atom stereocenters. The van der Waals surface area contributed by atoms with Gasteiger partial charge in [0.15, 0.2) is 0 Å². The normalized spacial score (nSPS) is 30.8. The molecule has 2 rings (SSSR count). The molecule has 1 saturated carbocycles. The van der Waals surface area contributed by atoms with Crippen molar-refractivity contribution in [2.75, 3.05) is 26.7 Å². The number of quaternary nitrogens is 1. The number of ether oxygens (including phenoxy) is 1. The van der Waals surface area contributed by atoms with E-state index in [9.17, 15) is 4.79 Å². The number of hydrogen-bond donors (Lipinski definition) is 0. The first-order chi connectivity index (χ1) is 10.7. The lowest BCUT2D eigenvalue weighted by molar-refractivity contribution is -0.950. The fourth-order valence-corrected chi connectivity index (χ4v) is 4.81. The van der Waals surface area contributed by atoms with Gasteiger partial charge in [0.25, 0.3) is 0 Å². The zero-order valence-electron chi connectivity index (χ0n) is 16.2. The van der Waals surface area contributed by atoms with Crippen LogP contribution in [0.25, 0.3) is 0 Å². The molecule has 3 nitrogen and oxygen atoms in total. The highest BCUT2D eigenvalue weighted by molar-refractivity contribution is 5.74. The van der Waals surface area contributed by atoms with Crippen LogP contribution in [-0.4, -0.2) is 43.2 Å². The summed E-state index contributed by atoms with van der Waals surface area (Å²) >= 11 is 0. The maximum atomic E-state index is 12.4. The molecule has 2 fully saturated rings. The van der Waals surface area contributed by atoms with Crippen LogP contribution in [0.5, 0.6) is 0 Å². The maximum absolute atomic E-state index is 12.4. The van der Waals surface area contributed by atoms with Crippen LogP contribution in [0, 0.1) is 23.2 Å². The number of likely N-dealkylation sites (tertiary alicyclic amines) is 1. The molecule has 23 heavy (non-hydrogen) atoms. The SMILES string of the molecule is CCOC(=O)C1CC(CC(C)(C)C(C)C)C1[N+]1(C)CCCCC1. The largest absolute Gasteiger partial charge is 0.466 e. The summed E-state index contributed by atoms with van der Waals surface area (Å²) < 4.78 is 6.49. The maximum Gasteiger partial charge on any atom is 0.315 e. The highest BCUT2D eigenvalue weighted by Crippen LogP contribution is 2.49. The van der Waals surface area contributed by atoms with Crippen molar-refractivity contribution < 1.29 is 14.0 Å². The molecule has 0 bridgehead atoms. The molecular formula is C20H38NO2+. The molecule has 1 heterocycles. The van der Waals surface area contributed by atoms with Gasteiger partial charge in [-0.1, -0.05) is 27.7 Å². The van der Waals surface area contributed by atoms with Crippen LogP contribution < -0.4 is 0 Å². The molecule has 0 radical (unpaired) electrons. The molecular weight excluding hydrogens is 286 g/mol. The highest BCUT2D eigenvalue weighted by Gasteiger charge is 2.57. The predicted octanol–water partition coefficient (Wildman–Crippen LogP) is 4.26. The third-order valence-corrected chi connectivity index (χ3v) is 6.95. The zero-order chi connectivity index (χ0) is 17.3. The first-order valence-corrected chi connectivity index (χ1v) is 9.72. The molecule has 1 aliphatic carbocycles. The Morgan fingerprint density at radius 3 is 2.35 bits per heavy atom. The minimum atomic E-state index is 0.0565. The fourth-order valence-electron chi connectivity index (χ4n) is 4.81. The molecule has 0 spiro atoms. The monoisotopic (exact) mass is 324 g/mol. The Balaban J connectivity index is 2.15. The zero-order valence-corrected chi connectivity index (χ0v) is 16.2. The molecule has 0 aromatic carbocycles. The van der Waals surface area contributed by atoms with E-state index in [-0.39, 0.29) is 11.9 Å². The van der Waals surface area contributed by atoms with E-state index in [1.807, 2.05) is 6.92 Å². The Labute approximate surface area is 143 Å². The molecule has 0 aromatic rings. The van der Waals surface area contributed by atoms with E-state index in [1.54, 1.807) is 0 Å². The lowest BCUT2D eigenvalue weighted by Gasteiger charge is -2.56. The summed E-state index contributed by atoms with van der Waals surface area (Å²) in [6.45, 7) is 14.3. The average molecular weight is 325 g/mol. The van der Waals surface area contributed by atoms with Gasteiger partial charge in [0, 0.05) is 5.92 Å². The van der Waals surface area contributed by atoms with Gasteiger partial charge in [0.2, 0.25) is 0 Å². The number of nitrogens with zero attached hydrogens (tertiary/aromatic N) is 1. The molecule has 3 unspecified atom stereocenters. The topological polar surface area (TPSA) is 26.3 Å². The van der Waals surface area contributed by atoms with Crippen LogP contribution in [0.2, 0.25) is 0 Å². The summed E-state index contributed by atoms with van der Waals surface area (Å²) in [5.74, 6) is 1.54. The van der Waals surface area contributed by atoms with Crippen molar-refractivity contribution in [3.05, 3.63) is 0 Å². The first kappa shape index (κ1) is 18.8. The van der Waals surface area contributed by atoms with Crippen molar-refractivity contribution in [1.29, 1.82) is 0 Å². The summed E-state index contributed by atoms with van der Waals surface area (Å²) in [7, 11) is 2.39. The van der Waals surface area contributed by atoms with Gasteiger partial charge in [0.1, 0.15) is 12.0 Å². The quantitative estimate of drug-likeness (QED) is 0.539. The van der Waals surface area contributed by atoms with Gasteiger partial charge in [-0.25, -0.2) is 0 Å². The van der Waals surface area contributed by atoms with Gasteiger partial charge in [-0.15, -0.1) is 0 Å². The molecule has 0 amide bonds. The molecule has 0 aromatic heterocycles. The fraction of sp³-hybridized carbons (Fsp3) is 0.950. The second kappa shape index (κ2) is 7.13. The Kier molecular flexibility index (Phi) is 5.81. The van der Waals surface area contributed by atoms with Gasteiger partial charge in [-0.05, 0) is 50.4 Å². The van der Waals surface area contributed by atoms with Gasteiger partial charge in [0.05, 0.1) is 26.7 Å².